The molecule has 51 heavy (non-hydrogen) atoms. The number of carboxylic acids is 1. The van der Waals surface area contributed by atoms with Crippen LogP contribution in [0.3, 0.4) is 0 Å². The van der Waals surface area contributed by atoms with Crippen molar-refractivity contribution in [2.45, 2.75) is 53.5 Å². The predicted molar refractivity (Wildman–Crippen MR) is 205 cm³/mol. The van der Waals surface area contributed by atoms with Gasteiger partial charge in [-0.2, -0.15) is 0 Å². The van der Waals surface area contributed by atoms with E-state index in [4.69, 9.17) is 33.7 Å². The Morgan fingerprint density at radius 1 is 1.08 bits per heavy atom. The molecule has 0 bridgehead atoms. The number of ether oxygens (including phenoxy) is 1. The number of amides is 1. The first kappa shape index (κ1) is 35.9. The number of hydrogen-bond acceptors (Lipinski definition) is 6. The number of halogens is 2. The molecular weight excluding hydrogens is 689 g/mol. The summed E-state index contributed by atoms with van der Waals surface area (Å²) in [6.45, 7) is 10.2. The minimum Gasteiger partial charge on any atom is -0.508 e. The lowest BCUT2D eigenvalue weighted by Crippen LogP contribution is -2.42. The quantitative estimate of drug-likeness (QED) is 0.103. The topological polar surface area (TPSA) is 135 Å². The summed E-state index contributed by atoms with van der Waals surface area (Å²) in [4.78, 5) is 33.1. The molecule has 0 fully saturated rings. The van der Waals surface area contributed by atoms with E-state index in [0.717, 1.165) is 33.3 Å². The number of nitrogens with two attached hydrogens (primary N) is 1. The smallest absolute Gasteiger partial charge is 0.352 e. The maximum Gasteiger partial charge on any atom is 0.352 e. The van der Waals surface area contributed by atoms with E-state index in [0.29, 0.717) is 74.3 Å². The van der Waals surface area contributed by atoms with Gasteiger partial charge in [0.15, 0.2) is 0 Å². The molecule has 12 heteroatoms. The van der Waals surface area contributed by atoms with Crippen LogP contribution in [0.1, 0.15) is 76.5 Å². The highest BCUT2D eigenvalue weighted by Crippen LogP contribution is 2.44. The number of carbonyl (C=O) groups excluding carboxylic acids is 1. The van der Waals surface area contributed by atoms with Crippen LogP contribution in [0.4, 0.5) is 5.69 Å². The van der Waals surface area contributed by atoms with Crippen LogP contribution in [0.15, 0.2) is 53.2 Å². The molecule has 2 aromatic heterocycles. The second-order valence-corrected chi connectivity index (χ2v) is 14.0. The predicted octanol–water partition coefficient (Wildman–Crippen LogP) is 8.47. The first-order chi connectivity index (χ1) is 24.2. The summed E-state index contributed by atoms with van der Waals surface area (Å²) in [5, 5.41) is 23.3. The number of aromatic carboxylic acids is 1. The Morgan fingerprint density at radius 3 is 2.39 bits per heavy atom. The van der Waals surface area contributed by atoms with Crippen LogP contribution in [-0.4, -0.2) is 57.1 Å². The maximum absolute atomic E-state index is 14.9. The van der Waals surface area contributed by atoms with Gasteiger partial charge in [-0.3, -0.25) is 9.79 Å². The highest BCUT2D eigenvalue weighted by atomic mass is 35.5. The van der Waals surface area contributed by atoms with Gasteiger partial charge in [-0.25, -0.2) is 4.79 Å². The fourth-order valence-corrected chi connectivity index (χ4v) is 7.76. The van der Waals surface area contributed by atoms with Gasteiger partial charge >= 0.3 is 5.97 Å². The number of allylic oxidation sites excluding steroid dienone is 2. The molecule has 1 atom stereocenters. The van der Waals surface area contributed by atoms with Crippen molar-refractivity contribution in [3.8, 4) is 11.5 Å². The number of hydrogen-bond donors (Lipinski definition) is 3. The number of nitrogens with zero attached hydrogens (tertiary/aromatic N) is 4. The lowest BCUT2D eigenvalue weighted by Gasteiger charge is -2.35. The molecule has 5 aromatic rings. The Balaban J connectivity index is 1.53. The van der Waals surface area contributed by atoms with E-state index in [-0.39, 0.29) is 29.9 Å². The molecule has 6 rings (SSSR count). The standard InChI is InChI=1S/C39H41Cl2N5O5/c1-19-13-25(14-20(2)35(19)41)51-12-8-9-26-27-10-11-29(40)34(33(22(4)42)23(5)43-6)36(27)46-21(3)18-45(38(48)37(26)46)31-16-24(47)15-30-28(31)17-32(39(49)50)44(30)7/h10-11,13-17,21,47H,8-9,12,18,42H2,1-7H3,(H,49,50)/t21-/m1/s1. The molecule has 266 valence electrons. The number of phenols is 1. The number of fused-ring (bicyclic) bond motifs is 4. The molecule has 0 aliphatic carbocycles. The number of aryl methyl sites for hydroxylation is 4. The molecule has 1 amide bonds. The van der Waals surface area contributed by atoms with Gasteiger partial charge in [-0.15, -0.1) is 0 Å². The van der Waals surface area contributed by atoms with Gasteiger partial charge in [0.05, 0.1) is 28.4 Å². The van der Waals surface area contributed by atoms with Crippen molar-refractivity contribution < 1.29 is 24.5 Å². The number of carbonyl (C=O) groups is 2. The van der Waals surface area contributed by atoms with Crippen LogP contribution in [0, 0.1) is 13.8 Å². The molecule has 4 N–H and O–H groups in total. The number of aromatic hydroxyl groups is 1. The van der Waals surface area contributed by atoms with Crippen LogP contribution in [0.5, 0.6) is 11.5 Å². The van der Waals surface area contributed by atoms with E-state index in [2.05, 4.69) is 9.56 Å². The van der Waals surface area contributed by atoms with Crippen molar-refractivity contribution in [3.63, 3.8) is 0 Å². The van der Waals surface area contributed by atoms with E-state index >= 15 is 0 Å². The fraction of sp³-hybridized carbons (Fsp3) is 0.308. The van der Waals surface area contributed by atoms with Gasteiger partial charge < -0.3 is 34.7 Å². The number of phenolic OH excluding ortho intramolecular Hbond substituents is 1. The largest absolute Gasteiger partial charge is 0.508 e. The Morgan fingerprint density at radius 2 is 1.76 bits per heavy atom. The second-order valence-electron chi connectivity index (χ2n) is 13.3. The third kappa shape index (κ3) is 6.10. The minimum atomic E-state index is -1.11. The van der Waals surface area contributed by atoms with E-state index in [1.165, 1.54) is 16.7 Å². The van der Waals surface area contributed by atoms with Crippen LogP contribution >= 0.6 is 23.2 Å². The van der Waals surface area contributed by atoms with E-state index in [1.807, 2.05) is 58.9 Å². The zero-order valence-electron chi connectivity index (χ0n) is 29.7. The van der Waals surface area contributed by atoms with Gasteiger partial charge in [0, 0.05) is 77.2 Å². The molecule has 1 aliphatic rings. The van der Waals surface area contributed by atoms with Crippen molar-refractivity contribution in [2.24, 2.45) is 17.8 Å². The summed E-state index contributed by atoms with van der Waals surface area (Å²) < 4.78 is 9.72. The third-order valence-corrected chi connectivity index (χ3v) is 10.7. The molecule has 0 radical (unpaired) electrons. The molecule has 1 aliphatic heterocycles. The summed E-state index contributed by atoms with van der Waals surface area (Å²) in [6, 6.07) is 11.9. The Hall–Kier alpha value is -4.93. The van der Waals surface area contributed by atoms with Crippen molar-refractivity contribution >= 4 is 73.9 Å². The zero-order valence-corrected chi connectivity index (χ0v) is 31.2. The van der Waals surface area contributed by atoms with Crippen LogP contribution in [0.25, 0.3) is 27.4 Å². The maximum atomic E-state index is 14.9. The number of aromatic nitrogens is 2. The molecule has 0 unspecified atom stereocenters. The summed E-state index contributed by atoms with van der Waals surface area (Å²) in [6.07, 6.45) is 1.10. The lowest BCUT2D eigenvalue weighted by atomic mass is 9.96. The van der Waals surface area contributed by atoms with Crippen molar-refractivity contribution in [1.82, 2.24) is 9.13 Å². The minimum absolute atomic E-state index is 0.0407. The van der Waals surface area contributed by atoms with Crippen molar-refractivity contribution in [1.29, 1.82) is 0 Å². The normalized spacial score (nSPS) is 15.5. The van der Waals surface area contributed by atoms with Gasteiger partial charge in [0.1, 0.15) is 22.9 Å². The summed E-state index contributed by atoms with van der Waals surface area (Å²) in [7, 11) is 3.33. The molecule has 0 saturated carbocycles. The third-order valence-electron chi connectivity index (χ3n) is 9.78. The monoisotopic (exact) mass is 729 g/mol. The number of anilines is 1. The molecular formula is C39H41Cl2N5O5. The first-order valence-corrected chi connectivity index (χ1v) is 17.4. The van der Waals surface area contributed by atoms with Crippen LogP contribution in [0.2, 0.25) is 10.0 Å². The summed E-state index contributed by atoms with van der Waals surface area (Å²) in [5.74, 6) is -0.749. The summed E-state index contributed by atoms with van der Waals surface area (Å²) >= 11 is 13.4. The highest BCUT2D eigenvalue weighted by molar-refractivity contribution is 6.38. The van der Waals surface area contributed by atoms with E-state index in [1.54, 1.807) is 25.1 Å². The number of rotatable bonds is 9. The number of aliphatic imine (C=N–C) groups is 1. The van der Waals surface area contributed by atoms with Gasteiger partial charge in [-0.05, 0) is 88.4 Å². The van der Waals surface area contributed by atoms with Gasteiger partial charge in [0.25, 0.3) is 5.91 Å². The summed E-state index contributed by atoms with van der Waals surface area (Å²) in [5.41, 5.74) is 14.1. The molecule has 0 spiro atoms. The van der Waals surface area contributed by atoms with Crippen molar-refractivity contribution in [2.75, 3.05) is 25.1 Å². The molecule has 10 nitrogen and oxygen atoms in total. The number of carboxylic acid groups (broad SMARTS) is 1. The Labute approximate surface area is 306 Å². The van der Waals surface area contributed by atoms with E-state index < -0.39 is 5.97 Å². The second kappa shape index (κ2) is 13.7. The first-order valence-electron chi connectivity index (χ1n) is 16.7. The zero-order chi connectivity index (χ0) is 37.0. The SMILES string of the molecule is CN=C(C)C(=C(C)N)c1c(Cl)ccc2c(CCCOc3cc(C)c(Cl)c(C)c3)c3n(c12)[C@H](C)CN(c1cc(O)cc2c1cc(C(=O)O)n2C)C3=O. The average molecular weight is 731 g/mol. The average Bonchev–Trinajstić information content (AvgIpc) is 3.59. The van der Waals surface area contributed by atoms with Crippen molar-refractivity contribution in [3.05, 3.63) is 91.8 Å². The Bertz CT molecular complexity index is 2310. The Kier molecular flexibility index (Phi) is 9.61. The van der Waals surface area contributed by atoms with Crippen LogP contribution in [-0.2, 0) is 13.5 Å². The molecule has 3 aromatic carbocycles. The fourth-order valence-electron chi connectivity index (χ4n) is 7.40. The molecule has 3 heterocycles. The van der Waals surface area contributed by atoms with Crippen LogP contribution < -0.4 is 15.4 Å². The number of benzene rings is 3. The van der Waals surface area contributed by atoms with E-state index in [9.17, 15) is 19.8 Å². The highest BCUT2D eigenvalue weighted by Gasteiger charge is 2.37. The van der Waals surface area contributed by atoms with Gasteiger partial charge in [0.2, 0.25) is 0 Å². The molecule has 0 saturated heterocycles. The van der Waals surface area contributed by atoms with Gasteiger partial charge in [-0.1, -0.05) is 29.3 Å². The lowest BCUT2D eigenvalue weighted by molar-refractivity contribution is 0.0686.